The Balaban J connectivity index is 1.60. The molecule has 0 aliphatic heterocycles. The van der Waals surface area contributed by atoms with Crippen molar-refractivity contribution < 1.29 is 14.3 Å². The summed E-state index contributed by atoms with van der Waals surface area (Å²) < 4.78 is 5.76. The highest BCUT2D eigenvalue weighted by Crippen LogP contribution is 2.22. The number of nitrogens with one attached hydrogen (secondary N) is 2. The van der Waals surface area contributed by atoms with Gasteiger partial charge in [0.25, 0.3) is 5.91 Å². The van der Waals surface area contributed by atoms with Crippen LogP contribution in [0.4, 0.5) is 0 Å². The summed E-state index contributed by atoms with van der Waals surface area (Å²) in [4.78, 5) is 24.0. The molecule has 2 aromatic carbocycles. The highest BCUT2D eigenvalue weighted by atomic mass is 35.5. The summed E-state index contributed by atoms with van der Waals surface area (Å²) in [5.41, 5.74) is 1.22. The average molecular weight is 359 g/mol. The maximum atomic E-state index is 12.4. The summed E-state index contributed by atoms with van der Waals surface area (Å²) in [7, 11) is 0. The van der Waals surface area contributed by atoms with Crippen LogP contribution in [0.3, 0.4) is 0 Å². The molecule has 1 aliphatic carbocycles. The molecule has 0 bridgehead atoms. The number of para-hydroxylation sites is 1. The predicted octanol–water partition coefficient (Wildman–Crippen LogP) is 2.93. The van der Waals surface area contributed by atoms with Gasteiger partial charge in [-0.2, -0.15) is 0 Å². The van der Waals surface area contributed by atoms with Crippen LogP contribution in [0.1, 0.15) is 28.8 Å². The second kappa shape index (κ2) is 8.03. The first-order chi connectivity index (χ1) is 12.1. The minimum absolute atomic E-state index is 0.0474. The van der Waals surface area contributed by atoms with Gasteiger partial charge in [0.1, 0.15) is 12.4 Å². The molecule has 130 valence electrons. The lowest BCUT2D eigenvalue weighted by Crippen LogP contribution is -2.37. The fourth-order valence-corrected chi connectivity index (χ4v) is 2.50. The Kier molecular flexibility index (Phi) is 5.56. The van der Waals surface area contributed by atoms with Gasteiger partial charge in [0, 0.05) is 16.6 Å². The van der Waals surface area contributed by atoms with Crippen molar-refractivity contribution >= 4 is 23.4 Å². The number of hydrogen-bond donors (Lipinski definition) is 2. The van der Waals surface area contributed by atoms with E-state index in [2.05, 4.69) is 10.6 Å². The molecule has 0 atom stereocenters. The Labute approximate surface area is 151 Å². The molecule has 0 spiro atoms. The third-order valence-electron chi connectivity index (χ3n) is 3.82. The lowest BCUT2D eigenvalue weighted by Gasteiger charge is -2.12. The predicted molar refractivity (Wildman–Crippen MR) is 95.7 cm³/mol. The van der Waals surface area contributed by atoms with Crippen LogP contribution in [-0.2, 0) is 11.4 Å². The quantitative estimate of drug-likeness (QED) is 0.799. The van der Waals surface area contributed by atoms with Crippen molar-refractivity contribution in [3.05, 3.63) is 64.7 Å². The monoisotopic (exact) mass is 358 g/mol. The van der Waals surface area contributed by atoms with Crippen LogP contribution < -0.4 is 15.4 Å². The van der Waals surface area contributed by atoms with Crippen LogP contribution in [0, 0.1) is 0 Å². The van der Waals surface area contributed by atoms with Crippen molar-refractivity contribution in [1.82, 2.24) is 10.6 Å². The Hall–Kier alpha value is -2.53. The fraction of sp³-hybridized carbons (Fsp3) is 0.263. The minimum Gasteiger partial charge on any atom is -0.488 e. The van der Waals surface area contributed by atoms with E-state index < -0.39 is 0 Å². The van der Waals surface area contributed by atoms with Gasteiger partial charge in [0.15, 0.2) is 0 Å². The Bertz CT molecular complexity index is 775. The topological polar surface area (TPSA) is 67.4 Å². The molecule has 0 saturated heterocycles. The number of carbonyl (C=O) groups is 2. The van der Waals surface area contributed by atoms with Gasteiger partial charge in [0.05, 0.1) is 12.1 Å². The summed E-state index contributed by atoms with van der Waals surface area (Å²) in [6, 6.07) is 14.6. The highest BCUT2D eigenvalue weighted by Gasteiger charge is 2.23. The van der Waals surface area contributed by atoms with Crippen LogP contribution in [0.25, 0.3) is 0 Å². The summed E-state index contributed by atoms with van der Waals surface area (Å²) in [6.45, 7) is 0.209. The Morgan fingerprint density at radius 2 is 1.80 bits per heavy atom. The van der Waals surface area contributed by atoms with Gasteiger partial charge in [0.2, 0.25) is 5.91 Å². The zero-order valence-electron chi connectivity index (χ0n) is 13.6. The Morgan fingerprint density at radius 1 is 1.08 bits per heavy atom. The lowest BCUT2D eigenvalue weighted by molar-refractivity contribution is -0.120. The molecule has 25 heavy (non-hydrogen) atoms. The first-order valence-corrected chi connectivity index (χ1v) is 8.54. The molecule has 1 fully saturated rings. The fourth-order valence-electron chi connectivity index (χ4n) is 2.31. The number of hydrogen-bond acceptors (Lipinski definition) is 3. The van der Waals surface area contributed by atoms with Crippen molar-refractivity contribution in [2.75, 3.05) is 6.54 Å². The lowest BCUT2D eigenvalue weighted by atomic mass is 10.2. The van der Waals surface area contributed by atoms with E-state index in [4.69, 9.17) is 16.3 Å². The zero-order valence-corrected chi connectivity index (χ0v) is 14.4. The molecular weight excluding hydrogens is 340 g/mol. The number of carbonyl (C=O) groups excluding carboxylic acids is 2. The molecule has 0 heterocycles. The van der Waals surface area contributed by atoms with Gasteiger partial charge >= 0.3 is 0 Å². The maximum Gasteiger partial charge on any atom is 0.255 e. The van der Waals surface area contributed by atoms with Gasteiger partial charge in [-0.05, 0) is 31.0 Å². The van der Waals surface area contributed by atoms with Crippen LogP contribution in [0.2, 0.25) is 5.02 Å². The van der Waals surface area contributed by atoms with Crippen LogP contribution in [0.15, 0.2) is 48.5 Å². The highest BCUT2D eigenvalue weighted by molar-refractivity contribution is 6.31. The standard InChI is InChI=1S/C19H19ClN2O3/c20-16-7-3-1-5-13(16)12-25-17-8-4-2-6-15(17)19(24)21-11-18(23)22-14-9-10-14/h1-8,14H,9-12H2,(H,21,24)(H,22,23). The van der Waals surface area contributed by atoms with E-state index in [1.54, 1.807) is 30.3 Å². The van der Waals surface area contributed by atoms with Crippen molar-refractivity contribution in [3.63, 3.8) is 0 Å². The molecule has 3 rings (SSSR count). The van der Waals surface area contributed by atoms with Crippen molar-refractivity contribution in [1.29, 1.82) is 0 Å². The van der Waals surface area contributed by atoms with E-state index in [1.165, 1.54) is 0 Å². The van der Waals surface area contributed by atoms with E-state index in [9.17, 15) is 9.59 Å². The molecule has 2 N–H and O–H groups in total. The Morgan fingerprint density at radius 3 is 2.56 bits per heavy atom. The second-order valence-electron chi connectivity index (χ2n) is 5.90. The van der Waals surface area contributed by atoms with E-state index in [0.29, 0.717) is 16.3 Å². The minimum atomic E-state index is -0.347. The average Bonchev–Trinajstić information content (AvgIpc) is 3.43. The van der Waals surface area contributed by atoms with Crippen molar-refractivity contribution in [3.8, 4) is 5.75 Å². The molecule has 6 heteroatoms. The second-order valence-corrected chi connectivity index (χ2v) is 6.31. The van der Waals surface area contributed by atoms with E-state index in [0.717, 1.165) is 18.4 Å². The largest absolute Gasteiger partial charge is 0.488 e. The number of amides is 2. The number of benzene rings is 2. The van der Waals surface area contributed by atoms with Gasteiger partial charge in [-0.15, -0.1) is 0 Å². The first-order valence-electron chi connectivity index (χ1n) is 8.16. The first kappa shape index (κ1) is 17.3. The van der Waals surface area contributed by atoms with Crippen LogP contribution >= 0.6 is 11.6 Å². The molecule has 0 aromatic heterocycles. The summed E-state index contributed by atoms with van der Waals surface area (Å²) in [5, 5.41) is 6.07. The molecular formula is C19H19ClN2O3. The summed E-state index contributed by atoms with van der Waals surface area (Å²) in [6.07, 6.45) is 2.02. The van der Waals surface area contributed by atoms with E-state index in [1.807, 2.05) is 18.2 Å². The summed E-state index contributed by atoms with van der Waals surface area (Å²) >= 11 is 6.12. The number of rotatable bonds is 7. The van der Waals surface area contributed by atoms with E-state index >= 15 is 0 Å². The molecule has 1 aliphatic rings. The van der Waals surface area contributed by atoms with Crippen molar-refractivity contribution in [2.24, 2.45) is 0 Å². The maximum absolute atomic E-state index is 12.4. The third kappa shape index (κ3) is 4.97. The third-order valence-corrected chi connectivity index (χ3v) is 4.19. The number of ether oxygens (including phenoxy) is 1. The summed E-state index contributed by atoms with van der Waals surface area (Å²) in [5.74, 6) is -0.0754. The van der Waals surface area contributed by atoms with Gasteiger partial charge < -0.3 is 15.4 Å². The van der Waals surface area contributed by atoms with Crippen LogP contribution in [0.5, 0.6) is 5.75 Å². The van der Waals surface area contributed by atoms with Crippen LogP contribution in [-0.4, -0.2) is 24.4 Å². The van der Waals surface area contributed by atoms with Gasteiger partial charge in [-0.3, -0.25) is 9.59 Å². The zero-order chi connectivity index (χ0) is 17.6. The SMILES string of the molecule is O=C(CNC(=O)c1ccccc1OCc1ccccc1Cl)NC1CC1. The van der Waals surface area contributed by atoms with Gasteiger partial charge in [-0.25, -0.2) is 0 Å². The molecule has 2 amide bonds. The van der Waals surface area contributed by atoms with Crippen molar-refractivity contribution in [2.45, 2.75) is 25.5 Å². The molecule has 2 aromatic rings. The molecule has 1 saturated carbocycles. The normalized spacial score (nSPS) is 13.2. The number of halogens is 1. The molecule has 0 radical (unpaired) electrons. The molecule has 5 nitrogen and oxygen atoms in total. The van der Waals surface area contributed by atoms with E-state index in [-0.39, 0.29) is 31.0 Å². The van der Waals surface area contributed by atoms with Gasteiger partial charge in [-0.1, -0.05) is 41.9 Å². The molecule has 0 unspecified atom stereocenters. The smallest absolute Gasteiger partial charge is 0.255 e.